The lowest BCUT2D eigenvalue weighted by molar-refractivity contribution is -0.231. The number of aliphatic hydroxyl groups is 4. The molecule has 0 radical (unpaired) electrons. The molecule has 1 heterocycles. The second kappa shape index (κ2) is 10.1. The third kappa shape index (κ3) is 4.87. The van der Waals surface area contributed by atoms with E-state index < -0.39 is 37.1 Å². The van der Waals surface area contributed by atoms with Crippen molar-refractivity contribution in [1.82, 2.24) is 0 Å². The number of rotatable bonds is 7. The second-order valence-corrected chi connectivity index (χ2v) is 7.51. The van der Waals surface area contributed by atoms with E-state index >= 15 is 0 Å². The van der Waals surface area contributed by atoms with E-state index in [0.29, 0.717) is 24.2 Å². The van der Waals surface area contributed by atoms with Crippen LogP contribution in [0.5, 0.6) is 0 Å². The number of benzene rings is 2. The van der Waals surface area contributed by atoms with Crippen LogP contribution in [-0.2, 0) is 22.3 Å². The van der Waals surface area contributed by atoms with E-state index in [9.17, 15) is 25.7 Å². The summed E-state index contributed by atoms with van der Waals surface area (Å²) in [7, 11) is 1.67. The monoisotopic (exact) mass is 413 g/mol. The molecule has 160 valence electrons. The molecule has 4 N–H and O–H groups in total. The first kappa shape index (κ1) is 22.4. The second-order valence-electron chi connectivity index (χ2n) is 7.51. The van der Waals surface area contributed by atoms with Crippen molar-refractivity contribution >= 4 is 0 Å². The van der Waals surface area contributed by atoms with Crippen molar-refractivity contribution in [2.75, 3.05) is 20.3 Å². The summed E-state index contributed by atoms with van der Waals surface area (Å²) < 4.78 is 10.7. The SMILES string of the molecule is COCCc1ccc(Cc2cc([C@@H]3O[C@H](CO)[C@@H](O)C(O)[C@H]3O)ccc2C#N)cc1. The number of nitriles is 1. The van der Waals surface area contributed by atoms with Crippen molar-refractivity contribution in [3.63, 3.8) is 0 Å². The van der Waals surface area contributed by atoms with Crippen LogP contribution < -0.4 is 0 Å². The highest BCUT2D eigenvalue weighted by Gasteiger charge is 2.44. The molecule has 1 aliphatic heterocycles. The Kier molecular flexibility index (Phi) is 7.56. The van der Waals surface area contributed by atoms with Crippen molar-refractivity contribution in [3.05, 3.63) is 70.3 Å². The minimum Gasteiger partial charge on any atom is -0.394 e. The van der Waals surface area contributed by atoms with E-state index in [1.54, 1.807) is 25.3 Å². The minimum absolute atomic E-state index is 0.486. The summed E-state index contributed by atoms with van der Waals surface area (Å²) in [6.07, 6.45) is -4.78. The van der Waals surface area contributed by atoms with Crippen LogP contribution in [-0.4, -0.2) is 65.2 Å². The van der Waals surface area contributed by atoms with Crippen LogP contribution in [0, 0.1) is 11.3 Å². The van der Waals surface area contributed by atoms with E-state index in [-0.39, 0.29) is 0 Å². The van der Waals surface area contributed by atoms with Gasteiger partial charge in [-0.25, -0.2) is 0 Å². The molecule has 1 aliphatic rings. The fourth-order valence-electron chi connectivity index (χ4n) is 3.69. The Morgan fingerprint density at radius 3 is 2.33 bits per heavy atom. The average molecular weight is 413 g/mol. The van der Waals surface area contributed by atoms with Crippen LogP contribution in [0.25, 0.3) is 0 Å². The molecule has 2 aromatic rings. The van der Waals surface area contributed by atoms with Crippen molar-refractivity contribution in [1.29, 1.82) is 5.26 Å². The first-order valence-corrected chi connectivity index (χ1v) is 9.88. The number of aliphatic hydroxyl groups excluding tert-OH is 4. The van der Waals surface area contributed by atoms with Crippen LogP contribution in [0.4, 0.5) is 0 Å². The standard InChI is InChI=1S/C23H27NO6/c1-29-9-8-14-2-4-15(5-3-14)10-18-11-16(6-7-17(18)12-24)23-22(28)21(27)20(26)19(13-25)30-23/h2-7,11,19-23,25-28H,8-10,13H2,1H3/t19-,20-,21?,22-,23+/m1/s1. The predicted octanol–water partition coefficient (Wildman–Crippen LogP) is 0.853. The van der Waals surface area contributed by atoms with Gasteiger partial charge in [0.2, 0.25) is 0 Å². The Balaban J connectivity index is 1.84. The molecule has 7 nitrogen and oxygen atoms in total. The zero-order valence-corrected chi connectivity index (χ0v) is 16.8. The Morgan fingerprint density at radius 1 is 1.00 bits per heavy atom. The topological polar surface area (TPSA) is 123 Å². The lowest BCUT2D eigenvalue weighted by Gasteiger charge is -2.40. The normalized spacial score (nSPS) is 26.3. The maximum absolute atomic E-state index is 10.4. The maximum Gasteiger partial charge on any atom is 0.113 e. The lowest BCUT2D eigenvalue weighted by atomic mass is 9.89. The van der Waals surface area contributed by atoms with Crippen molar-refractivity contribution in [2.24, 2.45) is 0 Å². The molecule has 7 heteroatoms. The Morgan fingerprint density at radius 2 is 1.70 bits per heavy atom. The number of hydrogen-bond acceptors (Lipinski definition) is 7. The maximum atomic E-state index is 10.4. The highest BCUT2D eigenvalue weighted by Crippen LogP contribution is 2.33. The molecule has 3 rings (SSSR count). The van der Waals surface area contributed by atoms with Crippen LogP contribution >= 0.6 is 0 Å². The fourth-order valence-corrected chi connectivity index (χ4v) is 3.69. The third-order valence-electron chi connectivity index (χ3n) is 5.48. The van der Waals surface area contributed by atoms with Crippen molar-refractivity contribution in [2.45, 2.75) is 43.4 Å². The molecule has 1 fully saturated rings. The Labute approximate surface area is 175 Å². The molecule has 30 heavy (non-hydrogen) atoms. The summed E-state index contributed by atoms with van der Waals surface area (Å²) in [5, 5.41) is 49.4. The first-order valence-electron chi connectivity index (χ1n) is 9.88. The lowest BCUT2D eigenvalue weighted by Crippen LogP contribution is -2.55. The summed E-state index contributed by atoms with van der Waals surface area (Å²) in [5.74, 6) is 0. The van der Waals surface area contributed by atoms with Crippen LogP contribution in [0.2, 0.25) is 0 Å². The molecule has 5 atom stereocenters. The van der Waals surface area contributed by atoms with E-state index in [0.717, 1.165) is 23.1 Å². The van der Waals surface area contributed by atoms with Gasteiger partial charge in [0.05, 0.1) is 24.8 Å². The van der Waals surface area contributed by atoms with Crippen molar-refractivity contribution < 1.29 is 29.9 Å². The zero-order valence-electron chi connectivity index (χ0n) is 16.8. The number of nitrogens with zero attached hydrogens (tertiary/aromatic N) is 1. The van der Waals surface area contributed by atoms with Crippen LogP contribution in [0.1, 0.15) is 33.9 Å². The van der Waals surface area contributed by atoms with Crippen molar-refractivity contribution in [3.8, 4) is 6.07 Å². The Hall–Kier alpha value is -2.31. The van der Waals surface area contributed by atoms with Gasteiger partial charge in [0.15, 0.2) is 0 Å². The van der Waals surface area contributed by atoms with E-state index in [4.69, 9.17) is 9.47 Å². The number of hydrogen-bond donors (Lipinski definition) is 4. The largest absolute Gasteiger partial charge is 0.394 e. The molecule has 0 spiro atoms. The van der Waals surface area contributed by atoms with Gasteiger partial charge in [-0.1, -0.05) is 36.4 Å². The minimum atomic E-state index is -1.44. The highest BCUT2D eigenvalue weighted by atomic mass is 16.5. The van der Waals surface area contributed by atoms with E-state index in [2.05, 4.69) is 6.07 Å². The average Bonchev–Trinajstić information content (AvgIpc) is 2.77. The van der Waals surface area contributed by atoms with Crippen LogP contribution in [0.3, 0.4) is 0 Å². The van der Waals surface area contributed by atoms with Crippen LogP contribution in [0.15, 0.2) is 42.5 Å². The molecular formula is C23H27NO6. The quantitative estimate of drug-likeness (QED) is 0.531. The molecule has 0 aromatic heterocycles. The number of methoxy groups -OCH3 is 1. The molecule has 2 aromatic carbocycles. The third-order valence-corrected chi connectivity index (χ3v) is 5.48. The van der Waals surface area contributed by atoms with Gasteiger partial charge in [-0.05, 0) is 41.2 Å². The predicted molar refractivity (Wildman–Crippen MR) is 109 cm³/mol. The first-order chi connectivity index (χ1) is 14.5. The summed E-state index contributed by atoms with van der Waals surface area (Å²) >= 11 is 0. The summed E-state index contributed by atoms with van der Waals surface area (Å²) in [6, 6.07) is 15.3. The Bertz CT molecular complexity index is 876. The van der Waals surface area contributed by atoms with Gasteiger partial charge in [-0.15, -0.1) is 0 Å². The smallest absolute Gasteiger partial charge is 0.113 e. The highest BCUT2D eigenvalue weighted by molar-refractivity contribution is 5.44. The van der Waals surface area contributed by atoms with Gasteiger partial charge in [-0.3, -0.25) is 0 Å². The molecular weight excluding hydrogens is 386 g/mol. The molecule has 0 aliphatic carbocycles. The molecule has 0 bridgehead atoms. The summed E-state index contributed by atoms with van der Waals surface area (Å²) in [4.78, 5) is 0. The molecule has 0 amide bonds. The number of ether oxygens (including phenoxy) is 2. The molecule has 1 saturated heterocycles. The zero-order chi connectivity index (χ0) is 21.7. The van der Waals surface area contributed by atoms with Gasteiger partial charge in [0.1, 0.15) is 30.5 Å². The fraction of sp³-hybridized carbons (Fsp3) is 0.435. The van der Waals surface area contributed by atoms with Gasteiger partial charge < -0.3 is 29.9 Å². The van der Waals surface area contributed by atoms with Gasteiger partial charge in [-0.2, -0.15) is 5.26 Å². The molecule has 0 saturated carbocycles. The van der Waals surface area contributed by atoms with Gasteiger partial charge in [0.25, 0.3) is 0 Å². The van der Waals surface area contributed by atoms with Gasteiger partial charge >= 0.3 is 0 Å². The van der Waals surface area contributed by atoms with Gasteiger partial charge in [0, 0.05) is 7.11 Å². The van der Waals surface area contributed by atoms with E-state index in [1.165, 1.54) is 0 Å². The van der Waals surface area contributed by atoms with E-state index in [1.807, 2.05) is 24.3 Å². The summed E-state index contributed by atoms with van der Waals surface area (Å²) in [6.45, 7) is 0.166. The molecule has 1 unspecified atom stereocenters. The summed E-state index contributed by atoms with van der Waals surface area (Å²) in [5.41, 5.74) is 4.02.